The summed E-state index contributed by atoms with van der Waals surface area (Å²) in [6.45, 7) is 1.38. The van der Waals surface area contributed by atoms with Crippen molar-refractivity contribution >= 4 is 29.2 Å². The van der Waals surface area contributed by atoms with Crippen molar-refractivity contribution in [2.75, 3.05) is 18.8 Å². The lowest BCUT2D eigenvalue weighted by atomic mass is 10.1. The van der Waals surface area contributed by atoms with Crippen molar-refractivity contribution in [3.05, 3.63) is 64.7 Å². The fourth-order valence-corrected chi connectivity index (χ4v) is 2.96. The van der Waals surface area contributed by atoms with Crippen LogP contribution in [0.3, 0.4) is 0 Å². The van der Waals surface area contributed by atoms with E-state index in [-0.39, 0.29) is 11.5 Å². The number of hydrogen-bond acceptors (Lipinski definition) is 4. The van der Waals surface area contributed by atoms with Crippen LogP contribution in [0.5, 0.6) is 0 Å². The number of halogens is 1. The predicted molar refractivity (Wildman–Crippen MR) is 96.3 cm³/mol. The fraction of sp³-hybridized carbons (Fsp3) is 0.263. The molecule has 2 aromatic rings. The largest absolute Gasteiger partial charge is 0.444 e. The van der Waals surface area contributed by atoms with Crippen LogP contribution in [0.2, 0.25) is 5.02 Å². The fourth-order valence-electron chi connectivity index (χ4n) is 2.84. The summed E-state index contributed by atoms with van der Waals surface area (Å²) < 4.78 is 5.56. The minimum atomic E-state index is -0.969. The molecule has 0 aromatic heterocycles. The van der Waals surface area contributed by atoms with Crippen LogP contribution in [0.4, 0.5) is 5.69 Å². The zero-order chi connectivity index (χ0) is 17.8. The van der Waals surface area contributed by atoms with Gasteiger partial charge in [-0.1, -0.05) is 41.9 Å². The molecule has 130 valence electrons. The summed E-state index contributed by atoms with van der Waals surface area (Å²) in [5.74, 6) is -0.802. The van der Waals surface area contributed by atoms with Crippen molar-refractivity contribution in [2.24, 2.45) is 0 Å². The SMILES string of the molecule is Nc1cc(C(=O)O[C@@H](C(=O)N2CCCC2)c2ccccc2)ccc1Cl. The average molecular weight is 359 g/mol. The molecule has 0 radical (unpaired) electrons. The van der Waals surface area contributed by atoms with E-state index in [0.29, 0.717) is 29.4 Å². The highest BCUT2D eigenvalue weighted by molar-refractivity contribution is 6.33. The lowest BCUT2D eigenvalue weighted by Crippen LogP contribution is -2.34. The Balaban J connectivity index is 1.85. The van der Waals surface area contributed by atoms with Gasteiger partial charge in [0.15, 0.2) is 0 Å². The van der Waals surface area contributed by atoms with E-state index in [1.165, 1.54) is 18.2 Å². The maximum Gasteiger partial charge on any atom is 0.339 e. The molecule has 1 aliphatic heterocycles. The third kappa shape index (κ3) is 3.94. The summed E-state index contributed by atoms with van der Waals surface area (Å²) in [5.41, 5.74) is 6.94. The van der Waals surface area contributed by atoms with E-state index in [0.717, 1.165) is 12.8 Å². The van der Waals surface area contributed by atoms with E-state index >= 15 is 0 Å². The van der Waals surface area contributed by atoms with E-state index in [1.54, 1.807) is 17.0 Å². The lowest BCUT2D eigenvalue weighted by molar-refractivity contribution is -0.140. The Hall–Kier alpha value is -2.53. The molecule has 1 aliphatic rings. The van der Waals surface area contributed by atoms with E-state index in [2.05, 4.69) is 0 Å². The molecule has 6 heteroatoms. The van der Waals surface area contributed by atoms with Gasteiger partial charge in [0.1, 0.15) is 0 Å². The normalized spacial score (nSPS) is 15.0. The van der Waals surface area contributed by atoms with E-state index < -0.39 is 12.1 Å². The van der Waals surface area contributed by atoms with Crippen molar-refractivity contribution in [1.82, 2.24) is 4.90 Å². The number of nitrogen functional groups attached to an aromatic ring is 1. The van der Waals surface area contributed by atoms with Crippen LogP contribution >= 0.6 is 11.6 Å². The van der Waals surface area contributed by atoms with Gasteiger partial charge in [-0.15, -0.1) is 0 Å². The number of anilines is 1. The van der Waals surface area contributed by atoms with Crippen LogP contribution in [0, 0.1) is 0 Å². The van der Waals surface area contributed by atoms with Gasteiger partial charge in [-0.3, -0.25) is 4.79 Å². The van der Waals surface area contributed by atoms with Crippen LogP contribution in [-0.2, 0) is 9.53 Å². The molecule has 2 N–H and O–H groups in total. The van der Waals surface area contributed by atoms with E-state index in [9.17, 15) is 9.59 Å². The lowest BCUT2D eigenvalue weighted by Gasteiger charge is -2.23. The molecular formula is C19H19ClN2O3. The van der Waals surface area contributed by atoms with Crippen LogP contribution in [0.1, 0.15) is 34.9 Å². The van der Waals surface area contributed by atoms with Gasteiger partial charge in [-0.05, 0) is 31.0 Å². The molecule has 1 atom stereocenters. The number of esters is 1. The molecule has 1 heterocycles. The van der Waals surface area contributed by atoms with E-state index in [1.807, 2.05) is 18.2 Å². The third-order valence-electron chi connectivity index (χ3n) is 4.20. The summed E-state index contributed by atoms with van der Waals surface area (Å²) in [7, 11) is 0. The molecule has 0 unspecified atom stereocenters. The smallest absolute Gasteiger partial charge is 0.339 e. The van der Waals surface area contributed by atoms with Gasteiger partial charge in [0.25, 0.3) is 5.91 Å². The van der Waals surface area contributed by atoms with Crippen LogP contribution in [0.15, 0.2) is 48.5 Å². The Morgan fingerprint density at radius 3 is 2.40 bits per heavy atom. The van der Waals surface area contributed by atoms with Crippen molar-refractivity contribution in [3.63, 3.8) is 0 Å². The number of carbonyl (C=O) groups is 2. The first-order chi connectivity index (χ1) is 12.1. The zero-order valence-corrected chi connectivity index (χ0v) is 14.4. The Morgan fingerprint density at radius 2 is 1.76 bits per heavy atom. The number of amides is 1. The number of benzene rings is 2. The van der Waals surface area contributed by atoms with E-state index in [4.69, 9.17) is 22.1 Å². The Labute approximate surface area is 151 Å². The van der Waals surface area contributed by atoms with Gasteiger partial charge in [-0.25, -0.2) is 4.79 Å². The number of nitrogens with two attached hydrogens (primary N) is 1. The number of carbonyl (C=O) groups excluding carboxylic acids is 2. The van der Waals surface area contributed by atoms with Crippen LogP contribution < -0.4 is 5.73 Å². The molecule has 3 rings (SSSR count). The highest BCUT2D eigenvalue weighted by Gasteiger charge is 2.31. The summed E-state index contributed by atoms with van der Waals surface area (Å²) >= 11 is 5.89. The second-order valence-corrected chi connectivity index (χ2v) is 6.37. The van der Waals surface area contributed by atoms with Crippen molar-refractivity contribution in [3.8, 4) is 0 Å². The first-order valence-corrected chi connectivity index (χ1v) is 8.54. The summed E-state index contributed by atoms with van der Waals surface area (Å²) in [6, 6.07) is 13.6. The minimum Gasteiger partial charge on any atom is -0.444 e. The summed E-state index contributed by atoms with van der Waals surface area (Å²) in [5, 5.41) is 0.365. The van der Waals surface area contributed by atoms with Gasteiger partial charge >= 0.3 is 5.97 Å². The quantitative estimate of drug-likeness (QED) is 0.671. The second-order valence-electron chi connectivity index (χ2n) is 5.96. The highest BCUT2D eigenvalue weighted by atomic mass is 35.5. The Kier molecular flexibility index (Phi) is 5.24. The minimum absolute atomic E-state index is 0.195. The predicted octanol–water partition coefficient (Wildman–Crippen LogP) is 3.44. The highest BCUT2D eigenvalue weighted by Crippen LogP contribution is 2.26. The standard InChI is InChI=1S/C19H19ClN2O3/c20-15-9-8-14(12-16(15)21)19(24)25-17(13-6-2-1-3-7-13)18(23)22-10-4-5-11-22/h1-3,6-9,12,17H,4-5,10-11,21H2/t17-/m1/s1. The molecule has 1 amide bonds. The molecule has 0 spiro atoms. The summed E-state index contributed by atoms with van der Waals surface area (Å²) in [4.78, 5) is 27.1. The monoisotopic (exact) mass is 358 g/mol. The average Bonchev–Trinajstić information content (AvgIpc) is 3.16. The van der Waals surface area contributed by atoms with Gasteiger partial charge in [0.05, 0.1) is 16.3 Å². The maximum atomic E-state index is 12.8. The number of ether oxygens (including phenoxy) is 1. The number of hydrogen-bond donors (Lipinski definition) is 1. The molecule has 2 aromatic carbocycles. The Bertz CT molecular complexity index is 773. The molecule has 0 aliphatic carbocycles. The van der Waals surface area contributed by atoms with Crippen molar-refractivity contribution < 1.29 is 14.3 Å². The topological polar surface area (TPSA) is 72.6 Å². The first kappa shape index (κ1) is 17.3. The molecule has 0 saturated carbocycles. The van der Waals surface area contributed by atoms with Gasteiger partial charge in [-0.2, -0.15) is 0 Å². The molecule has 1 saturated heterocycles. The molecule has 5 nitrogen and oxygen atoms in total. The molecule has 25 heavy (non-hydrogen) atoms. The first-order valence-electron chi connectivity index (χ1n) is 8.16. The number of nitrogens with zero attached hydrogens (tertiary/aromatic N) is 1. The number of rotatable bonds is 4. The zero-order valence-electron chi connectivity index (χ0n) is 13.7. The maximum absolute atomic E-state index is 12.8. The van der Waals surface area contributed by atoms with Gasteiger partial charge in [0.2, 0.25) is 6.10 Å². The number of likely N-dealkylation sites (tertiary alicyclic amines) is 1. The van der Waals surface area contributed by atoms with Gasteiger partial charge < -0.3 is 15.4 Å². The van der Waals surface area contributed by atoms with Gasteiger partial charge in [0, 0.05) is 18.7 Å². The van der Waals surface area contributed by atoms with Crippen LogP contribution in [-0.4, -0.2) is 29.9 Å². The van der Waals surface area contributed by atoms with Crippen molar-refractivity contribution in [1.29, 1.82) is 0 Å². The van der Waals surface area contributed by atoms with Crippen LogP contribution in [0.25, 0.3) is 0 Å². The second kappa shape index (κ2) is 7.57. The van der Waals surface area contributed by atoms with Crippen molar-refractivity contribution in [2.45, 2.75) is 18.9 Å². The third-order valence-corrected chi connectivity index (χ3v) is 4.55. The molecule has 0 bridgehead atoms. The summed E-state index contributed by atoms with van der Waals surface area (Å²) in [6.07, 6.45) is 0.966. The molecule has 1 fully saturated rings. The molecular weight excluding hydrogens is 340 g/mol. The Morgan fingerprint density at radius 1 is 1.08 bits per heavy atom.